The lowest BCUT2D eigenvalue weighted by Crippen LogP contribution is -2.00. The number of anilines is 1. The molecule has 25 heavy (non-hydrogen) atoms. The fraction of sp³-hybridized carbons (Fsp3) is 0.111. The predicted molar refractivity (Wildman–Crippen MR) is 91.5 cm³/mol. The molecule has 7 heteroatoms. The number of imidazole rings is 1. The number of aryl methyl sites for hydroxylation is 1. The van der Waals surface area contributed by atoms with Gasteiger partial charge in [0, 0.05) is 5.56 Å². The van der Waals surface area contributed by atoms with E-state index in [4.69, 9.17) is 10.5 Å². The molecule has 0 atom stereocenters. The van der Waals surface area contributed by atoms with Gasteiger partial charge in [-0.3, -0.25) is 0 Å². The number of ether oxygens (including phenoxy) is 1. The van der Waals surface area contributed by atoms with Gasteiger partial charge in [-0.25, -0.2) is 18.4 Å². The molecule has 0 bridgehead atoms. The zero-order valence-corrected chi connectivity index (χ0v) is 13.5. The van der Waals surface area contributed by atoms with Crippen molar-refractivity contribution in [1.29, 1.82) is 0 Å². The fourth-order valence-corrected chi connectivity index (χ4v) is 2.21. The van der Waals surface area contributed by atoms with Crippen LogP contribution in [0.1, 0.15) is 16.8 Å². The quantitative estimate of drug-likeness (QED) is 0.722. The molecule has 5 nitrogen and oxygen atoms in total. The Kier molecular flexibility index (Phi) is 4.74. The van der Waals surface area contributed by atoms with E-state index < -0.39 is 5.82 Å². The van der Waals surface area contributed by atoms with Crippen molar-refractivity contribution < 1.29 is 13.5 Å². The summed E-state index contributed by atoms with van der Waals surface area (Å²) in [6, 6.07) is 10.6. The number of nitrogens with zero attached hydrogens (tertiary/aromatic N) is 3. The van der Waals surface area contributed by atoms with E-state index in [-0.39, 0.29) is 24.1 Å². The van der Waals surface area contributed by atoms with Gasteiger partial charge >= 0.3 is 0 Å². The third kappa shape index (κ3) is 4.00. The second kappa shape index (κ2) is 7.12. The summed E-state index contributed by atoms with van der Waals surface area (Å²) >= 11 is 0. The number of rotatable bonds is 5. The summed E-state index contributed by atoms with van der Waals surface area (Å²) in [4.78, 5) is 4.02. The van der Waals surface area contributed by atoms with Crippen molar-refractivity contribution in [1.82, 2.24) is 9.66 Å². The van der Waals surface area contributed by atoms with Crippen molar-refractivity contribution in [3.8, 4) is 5.75 Å². The summed E-state index contributed by atoms with van der Waals surface area (Å²) in [5, 5.41) is 4.12. The highest BCUT2D eigenvalue weighted by atomic mass is 19.1. The van der Waals surface area contributed by atoms with Gasteiger partial charge in [-0.1, -0.05) is 18.2 Å². The molecule has 0 aliphatic carbocycles. The lowest BCUT2D eigenvalue weighted by molar-refractivity contribution is 0.285. The molecule has 0 spiro atoms. The van der Waals surface area contributed by atoms with Crippen molar-refractivity contribution in [2.45, 2.75) is 13.5 Å². The molecule has 0 unspecified atom stereocenters. The molecule has 0 radical (unpaired) electrons. The number of halogens is 2. The molecule has 0 aliphatic rings. The topological polar surface area (TPSA) is 65.4 Å². The molecule has 1 heterocycles. The average Bonchev–Trinajstić information content (AvgIpc) is 2.91. The maximum absolute atomic E-state index is 14.1. The van der Waals surface area contributed by atoms with Crippen LogP contribution in [0.25, 0.3) is 0 Å². The third-order valence-corrected chi connectivity index (χ3v) is 3.46. The van der Waals surface area contributed by atoms with E-state index >= 15 is 0 Å². The monoisotopic (exact) mass is 342 g/mol. The largest absolute Gasteiger partial charge is 0.486 e. The van der Waals surface area contributed by atoms with Crippen molar-refractivity contribution in [2.75, 3.05) is 5.73 Å². The fourth-order valence-electron chi connectivity index (χ4n) is 2.21. The standard InChI is InChI=1S/C18H16F2N4O/c1-12-10-24(18(21)23-12)22-9-13-6-7-17(16(20)8-13)25-11-14-4-2-3-5-15(14)19/h2-10H,11H2,1H3,(H2,21,23). The van der Waals surface area contributed by atoms with Gasteiger partial charge in [-0.2, -0.15) is 5.10 Å². The molecule has 2 N–H and O–H groups in total. The van der Waals surface area contributed by atoms with Gasteiger partial charge in [0.2, 0.25) is 5.95 Å². The van der Waals surface area contributed by atoms with E-state index in [9.17, 15) is 8.78 Å². The molecular formula is C18H16F2N4O. The highest BCUT2D eigenvalue weighted by molar-refractivity contribution is 5.79. The second-order valence-electron chi connectivity index (χ2n) is 5.40. The zero-order valence-electron chi connectivity index (χ0n) is 13.5. The molecule has 128 valence electrons. The molecule has 3 aromatic rings. The first-order valence-electron chi connectivity index (χ1n) is 7.54. The number of hydrogen-bond donors (Lipinski definition) is 1. The zero-order chi connectivity index (χ0) is 17.8. The first kappa shape index (κ1) is 16.6. The summed E-state index contributed by atoms with van der Waals surface area (Å²) < 4.78 is 34.4. The van der Waals surface area contributed by atoms with Crippen LogP contribution in [-0.4, -0.2) is 15.9 Å². The van der Waals surface area contributed by atoms with E-state index in [1.165, 1.54) is 29.1 Å². The Morgan fingerprint density at radius 2 is 2.00 bits per heavy atom. The lowest BCUT2D eigenvalue weighted by atomic mass is 10.2. The highest BCUT2D eigenvalue weighted by Crippen LogP contribution is 2.20. The Morgan fingerprint density at radius 3 is 2.68 bits per heavy atom. The molecule has 0 aliphatic heterocycles. The summed E-state index contributed by atoms with van der Waals surface area (Å²) in [6.07, 6.45) is 3.12. The summed E-state index contributed by atoms with van der Waals surface area (Å²) in [5.41, 5.74) is 7.30. The van der Waals surface area contributed by atoms with Gasteiger partial charge in [-0.15, -0.1) is 0 Å². The number of nitrogens with two attached hydrogens (primary N) is 1. The van der Waals surface area contributed by atoms with Crippen molar-refractivity contribution in [3.05, 3.63) is 77.1 Å². The lowest BCUT2D eigenvalue weighted by Gasteiger charge is -2.08. The van der Waals surface area contributed by atoms with Crippen molar-refractivity contribution in [3.63, 3.8) is 0 Å². The number of nitrogen functional groups attached to an aromatic ring is 1. The molecule has 2 aromatic carbocycles. The van der Waals surface area contributed by atoms with E-state index in [2.05, 4.69) is 10.1 Å². The van der Waals surface area contributed by atoms with Crippen molar-refractivity contribution in [2.24, 2.45) is 5.10 Å². The predicted octanol–water partition coefficient (Wildman–Crippen LogP) is 3.51. The van der Waals surface area contributed by atoms with E-state index in [0.717, 1.165) is 5.69 Å². The minimum absolute atomic E-state index is 0.0402. The highest BCUT2D eigenvalue weighted by Gasteiger charge is 2.07. The Balaban J connectivity index is 1.70. The van der Waals surface area contributed by atoms with Crippen LogP contribution < -0.4 is 10.5 Å². The number of benzene rings is 2. The van der Waals surface area contributed by atoms with E-state index in [1.807, 2.05) is 0 Å². The summed E-state index contributed by atoms with van der Waals surface area (Å²) in [5.74, 6) is -0.660. The molecule has 1 aromatic heterocycles. The van der Waals surface area contributed by atoms with Crippen molar-refractivity contribution >= 4 is 12.2 Å². The maximum Gasteiger partial charge on any atom is 0.221 e. The molecule has 0 amide bonds. The molecular weight excluding hydrogens is 326 g/mol. The van der Waals surface area contributed by atoms with Crippen LogP contribution in [0, 0.1) is 18.6 Å². The van der Waals surface area contributed by atoms with Gasteiger partial charge in [0.15, 0.2) is 11.6 Å². The summed E-state index contributed by atoms with van der Waals surface area (Å²) in [7, 11) is 0. The van der Waals surface area contributed by atoms with Gasteiger partial charge in [0.25, 0.3) is 0 Å². The van der Waals surface area contributed by atoms with Crippen LogP contribution in [0.15, 0.2) is 53.8 Å². The van der Waals surface area contributed by atoms with Crippen LogP contribution in [0.4, 0.5) is 14.7 Å². The van der Waals surface area contributed by atoms with Crippen LogP contribution in [0.5, 0.6) is 5.75 Å². The Labute approximate surface area is 143 Å². The second-order valence-corrected chi connectivity index (χ2v) is 5.40. The van der Waals surface area contributed by atoms with Crippen LogP contribution in [0.3, 0.4) is 0 Å². The van der Waals surface area contributed by atoms with E-state index in [0.29, 0.717) is 11.1 Å². The number of aromatic nitrogens is 2. The van der Waals surface area contributed by atoms with Gasteiger partial charge in [-0.05, 0) is 36.8 Å². The SMILES string of the molecule is Cc1cn(N=Cc2ccc(OCc3ccccc3F)c(F)c2)c(N)n1. The van der Waals surface area contributed by atoms with Gasteiger partial charge in [0.05, 0.1) is 18.1 Å². The Hall–Kier alpha value is -3.22. The molecule has 0 saturated carbocycles. The van der Waals surface area contributed by atoms with Crippen LogP contribution >= 0.6 is 0 Å². The normalized spacial score (nSPS) is 11.2. The maximum atomic E-state index is 14.1. The smallest absolute Gasteiger partial charge is 0.221 e. The number of hydrogen-bond acceptors (Lipinski definition) is 4. The average molecular weight is 342 g/mol. The van der Waals surface area contributed by atoms with Gasteiger partial charge in [0.1, 0.15) is 12.4 Å². The Bertz CT molecular complexity index is 921. The van der Waals surface area contributed by atoms with Gasteiger partial charge < -0.3 is 10.5 Å². The molecule has 0 saturated heterocycles. The first-order valence-corrected chi connectivity index (χ1v) is 7.54. The van der Waals surface area contributed by atoms with Crippen LogP contribution in [-0.2, 0) is 6.61 Å². The molecule has 0 fully saturated rings. The molecule has 3 rings (SSSR count). The minimum Gasteiger partial charge on any atom is -0.486 e. The van der Waals surface area contributed by atoms with E-state index in [1.54, 1.807) is 37.4 Å². The van der Waals surface area contributed by atoms with Crippen LogP contribution in [0.2, 0.25) is 0 Å². The Morgan fingerprint density at radius 1 is 1.20 bits per heavy atom. The minimum atomic E-state index is -0.560. The first-order chi connectivity index (χ1) is 12.0. The summed E-state index contributed by atoms with van der Waals surface area (Å²) in [6.45, 7) is 1.74. The third-order valence-electron chi connectivity index (χ3n) is 3.46.